The number of carbonyl (C=O) groups is 8. The van der Waals surface area contributed by atoms with Crippen LogP contribution in [0.4, 0.5) is 0 Å². The van der Waals surface area contributed by atoms with Crippen LogP contribution in [0, 0.1) is 0 Å². The lowest BCUT2D eigenvalue weighted by Crippen LogP contribution is -2.60. The molecule has 2 rings (SSSR count). The zero-order valence-electron chi connectivity index (χ0n) is 34.4. The van der Waals surface area contributed by atoms with Crippen molar-refractivity contribution in [2.24, 2.45) is 33.7 Å². The molecule has 0 fully saturated rings. The van der Waals surface area contributed by atoms with Crippen LogP contribution in [0.25, 0.3) is 0 Å². The number of benzene rings is 2. The molecule has 0 bridgehead atoms. The standard InChI is InChI=1S/C40H60N12O9S/c41-18-8-7-14-27(36(58)50-29(16-17-33(54)55)38(60)52-31(23-62)35(57)47-22-32(43)53)49-39(61)30(21-25-12-5-2-6-13-25)51-37(59)28(15-9-19-46-40(44)45)48-34(56)26(42)20-24-10-3-1-4-11-24/h1-6,10-13,26-31,62H,7-9,14-23,41-42H2,(H2,43,53)(H,47,57)(H,48,56)(H,49,61)(H,50,58)(H,51,59)(H,52,60)(H,54,55)(H4,44,45,46)/t26-,27-,28+,29-,30-,31-/m0/s1. The van der Waals surface area contributed by atoms with Crippen molar-refractivity contribution in [3.05, 3.63) is 71.8 Å². The highest BCUT2D eigenvalue weighted by Gasteiger charge is 2.33. The van der Waals surface area contributed by atoms with Crippen molar-refractivity contribution in [1.82, 2.24) is 31.9 Å². The molecule has 0 aliphatic carbocycles. The highest BCUT2D eigenvalue weighted by atomic mass is 32.1. The minimum absolute atomic E-state index is 0.0195. The lowest BCUT2D eigenvalue weighted by molar-refractivity contribution is -0.138. The van der Waals surface area contributed by atoms with Gasteiger partial charge in [-0.2, -0.15) is 12.6 Å². The first-order valence-electron chi connectivity index (χ1n) is 20.0. The number of amides is 7. The van der Waals surface area contributed by atoms with E-state index in [1.807, 2.05) is 18.2 Å². The van der Waals surface area contributed by atoms with E-state index in [1.54, 1.807) is 42.5 Å². The first kappa shape index (κ1) is 51.9. The van der Waals surface area contributed by atoms with Crippen molar-refractivity contribution in [3.63, 3.8) is 0 Å². The number of carboxylic acids is 1. The molecule has 17 N–H and O–H groups in total. The van der Waals surface area contributed by atoms with Crippen LogP contribution in [0.1, 0.15) is 56.1 Å². The number of hydrogen-bond donors (Lipinski definition) is 13. The fourth-order valence-corrected chi connectivity index (χ4v) is 6.21. The summed E-state index contributed by atoms with van der Waals surface area (Å²) in [5.74, 6) is -7.29. The third kappa shape index (κ3) is 20.3. The molecule has 0 aliphatic rings. The Balaban J connectivity index is 2.40. The van der Waals surface area contributed by atoms with E-state index in [0.717, 1.165) is 5.56 Å². The van der Waals surface area contributed by atoms with Crippen LogP contribution in [0.15, 0.2) is 65.7 Å². The van der Waals surface area contributed by atoms with Gasteiger partial charge in [0.05, 0.1) is 12.6 Å². The van der Waals surface area contributed by atoms with Crippen molar-refractivity contribution in [2.45, 2.75) is 94.0 Å². The summed E-state index contributed by atoms with van der Waals surface area (Å²) in [4.78, 5) is 108. The second-order valence-electron chi connectivity index (χ2n) is 14.3. The smallest absolute Gasteiger partial charge is 0.303 e. The summed E-state index contributed by atoms with van der Waals surface area (Å²) >= 11 is 4.08. The van der Waals surface area contributed by atoms with Crippen molar-refractivity contribution < 1.29 is 43.5 Å². The van der Waals surface area contributed by atoms with Gasteiger partial charge in [-0.15, -0.1) is 0 Å². The van der Waals surface area contributed by atoms with Gasteiger partial charge in [0, 0.05) is 25.1 Å². The molecule has 0 aliphatic heterocycles. The van der Waals surface area contributed by atoms with Crippen LogP contribution in [0.3, 0.4) is 0 Å². The quantitative estimate of drug-likeness (QED) is 0.0166. The normalized spacial score (nSPS) is 13.7. The minimum Gasteiger partial charge on any atom is -0.481 e. The molecule has 21 nitrogen and oxygen atoms in total. The van der Waals surface area contributed by atoms with Crippen LogP contribution in [0.5, 0.6) is 0 Å². The topological polar surface area (TPSA) is 371 Å². The maximum atomic E-state index is 14.2. The molecule has 2 aromatic rings. The number of nitrogens with zero attached hydrogens (tertiary/aromatic N) is 1. The lowest BCUT2D eigenvalue weighted by atomic mass is 10.0. The monoisotopic (exact) mass is 884 g/mol. The molecule has 0 unspecified atom stereocenters. The Morgan fingerprint density at radius 3 is 1.56 bits per heavy atom. The largest absolute Gasteiger partial charge is 0.481 e. The Morgan fingerprint density at radius 2 is 1.06 bits per heavy atom. The van der Waals surface area contributed by atoms with Gasteiger partial charge in [0.25, 0.3) is 0 Å². The Kier molecular flexibility index (Phi) is 23.7. The van der Waals surface area contributed by atoms with E-state index in [-0.39, 0.29) is 56.9 Å². The molecular weight excluding hydrogens is 825 g/mol. The predicted molar refractivity (Wildman–Crippen MR) is 234 cm³/mol. The van der Waals surface area contributed by atoms with Crippen molar-refractivity contribution >= 4 is 65.9 Å². The lowest BCUT2D eigenvalue weighted by Gasteiger charge is -2.27. The number of thiol groups is 1. The number of carboxylic acid groups (broad SMARTS) is 1. The SMILES string of the molecule is NCCCC[C@H](NC(=O)[C@H](Cc1ccccc1)NC(=O)[C@@H](CCCN=C(N)N)NC(=O)[C@@H](N)Cc1ccccc1)C(=O)N[C@@H](CCC(=O)O)C(=O)N[C@@H](CS)C(=O)NCC(N)=O. The van der Waals surface area contributed by atoms with Gasteiger partial charge < -0.3 is 65.7 Å². The second-order valence-corrected chi connectivity index (χ2v) is 14.7. The molecule has 7 amide bonds. The summed E-state index contributed by atoms with van der Waals surface area (Å²) in [7, 11) is 0. The van der Waals surface area contributed by atoms with E-state index >= 15 is 0 Å². The zero-order valence-corrected chi connectivity index (χ0v) is 35.3. The number of rotatable bonds is 29. The molecule has 340 valence electrons. The number of hydrogen-bond acceptors (Lipinski definition) is 12. The molecule has 0 saturated heterocycles. The minimum atomic E-state index is -1.50. The Labute approximate surface area is 365 Å². The Hall–Kier alpha value is -6.26. The van der Waals surface area contributed by atoms with Crippen LogP contribution < -0.4 is 60.6 Å². The third-order valence-electron chi connectivity index (χ3n) is 9.24. The molecule has 0 saturated carbocycles. The molecule has 2 aromatic carbocycles. The van der Waals surface area contributed by atoms with Crippen LogP contribution >= 0.6 is 12.6 Å². The second kappa shape index (κ2) is 28.3. The molecule has 0 aromatic heterocycles. The van der Waals surface area contributed by atoms with Gasteiger partial charge in [0.1, 0.15) is 30.2 Å². The summed E-state index contributed by atoms with van der Waals surface area (Å²) in [5.41, 5.74) is 29.4. The maximum Gasteiger partial charge on any atom is 0.303 e. The summed E-state index contributed by atoms with van der Waals surface area (Å²) in [6, 6.07) is 10.1. The number of primary amides is 1. The van der Waals surface area contributed by atoms with E-state index in [2.05, 4.69) is 49.5 Å². The van der Waals surface area contributed by atoms with E-state index < -0.39 is 103 Å². The highest BCUT2D eigenvalue weighted by Crippen LogP contribution is 2.10. The van der Waals surface area contributed by atoms with Gasteiger partial charge in [-0.1, -0.05) is 60.7 Å². The first-order chi connectivity index (χ1) is 29.5. The van der Waals surface area contributed by atoms with Crippen molar-refractivity contribution in [3.8, 4) is 0 Å². The summed E-state index contributed by atoms with van der Waals surface area (Å²) in [5, 5.41) is 24.6. The van der Waals surface area contributed by atoms with Crippen molar-refractivity contribution in [2.75, 3.05) is 25.4 Å². The van der Waals surface area contributed by atoms with Gasteiger partial charge in [-0.3, -0.25) is 43.3 Å². The number of aliphatic carboxylic acids is 1. The summed E-state index contributed by atoms with van der Waals surface area (Å²) < 4.78 is 0. The fraction of sp³-hybridized carbons (Fsp3) is 0.475. The summed E-state index contributed by atoms with van der Waals surface area (Å²) in [6.07, 6.45) is 0.280. The predicted octanol–water partition coefficient (Wildman–Crippen LogP) is -3.20. The Bertz CT molecular complexity index is 1820. The number of unbranched alkanes of at least 4 members (excludes halogenated alkanes) is 1. The average Bonchev–Trinajstić information content (AvgIpc) is 3.23. The van der Waals surface area contributed by atoms with E-state index in [0.29, 0.717) is 18.4 Å². The molecule has 0 heterocycles. The van der Waals surface area contributed by atoms with Gasteiger partial charge in [0.15, 0.2) is 5.96 Å². The van der Waals surface area contributed by atoms with Gasteiger partial charge in [-0.25, -0.2) is 0 Å². The summed E-state index contributed by atoms with van der Waals surface area (Å²) in [6.45, 7) is -0.132. The number of nitrogens with one attached hydrogen (secondary N) is 6. The van der Waals surface area contributed by atoms with E-state index in [9.17, 15) is 43.5 Å². The number of aliphatic imine (C=N–C) groups is 1. The fourth-order valence-electron chi connectivity index (χ4n) is 5.95. The van der Waals surface area contributed by atoms with E-state index in [1.165, 1.54) is 0 Å². The van der Waals surface area contributed by atoms with Crippen LogP contribution in [-0.2, 0) is 51.2 Å². The molecule has 62 heavy (non-hydrogen) atoms. The van der Waals surface area contributed by atoms with E-state index in [4.69, 9.17) is 28.7 Å². The molecular formula is C40H60N12O9S. The van der Waals surface area contributed by atoms with Gasteiger partial charge >= 0.3 is 5.97 Å². The molecule has 22 heteroatoms. The first-order valence-corrected chi connectivity index (χ1v) is 20.7. The van der Waals surface area contributed by atoms with Gasteiger partial charge in [0.2, 0.25) is 41.4 Å². The number of nitrogens with two attached hydrogens (primary N) is 5. The third-order valence-corrected chi connectivity index (χ3v) is 9.61. The van der Waals surface area contributed by atoms with Gasteiger partial charge in [-0.05, 0) is 62.6 Å². The average molecular weight is 885 g/mol. The van der Waals surface area contributed by atoms with Crippen molar-refractivity contribution in [1.29, 1.82) is 0 Å². The maximum absolute atomic E-state index is 14.2. The van der Waals surface area contributed by atoms with Crippen LogP contribution in [0.2, 0.25) is 0 Å². The number of carbonyl (C=O) groups excluding carboxylic acids is 7. The number of guanidine groups is 1. The zero-order chi connectivity index (χ0) is 46.0. The Morgan fingerprint density at radius 1 is 0.597 bits per heavy atom. The highest BCUT2D eigenvalue weighted by molar-refractivity contribution is 7.80. The van der Waals surface area contributed by atoms with Crippen LogP contribution in [-0.4, -0.2) is 120 Å². The molecule has 0 spiro atoms. The molecule has 6 atom stereocenters. The molecule has 0 radical (unpaired) electrons.